The number of phenolic OH excluding ortho intramolecular Hbond substituents is 1. The average molecular weight is 236 g/mol. The molecule has 0 fully saturated rings. The molecule has 0 saturated heterocycles. The Labute approximate surface area is 103 Å². The van der Waals surface area contributed by atoms with Gasteiger partial charge in [-0.15, -0.1) is 0 Å². The lowest BCUT2D eigenvalue weighted by molar-refractivity contribution is 0.318. The van der Waals surface area contributed by atoms with E-state index in [1.165, 1.54) is 0 Å². The number of nitrogens with zero attached hydrogens (tertiary/aromatic N) is 2. The summed E-state index contributed by atoms with van der Waals surface area (Å²) in [5, 5.41) is 9.90. The van der Waals surface area contributed by atoms with Crippen molar-refractivity contribution in [1.82, 2.24) is 4.90 Å². The zero-order valence-electron chi connectivity index (χ0n) is 10.7. The summed E-state index contributed by atoms with van der Waals surface area (Å²) in [5.41, 5.74) is 0.690. The van der Waals surface area contributed by atoms with Crippen molar-refractivity contribution in [3.05, 3.63) is 23.8 Å². The van der Waals surface area contributed by atoms with E-state index < -0.39 is 0 Å². The Morgan fingerprint density at radius 2 is 2.18 bits per heavy atom. The van der Waals surface area contributed by atoms with Crippen LogP contribution in [0.4, 0.5) is 0 Å². The van der Waals surface area contributed by atoms with Crippen LogP contribution < -0.4 is 4.74 Å². The van der Waals surface area contributed by atoms with Gasteiger partial charge in [0.1, 0.15) is 0 Å². The number of benzene rings is 1. The molecular formula is C13H20N2O2. The van der Waals surface area contributed by atoms with E-state index in [1.54, 1.807) is 12.3 Å². The number of likely N-dealkylation sites (N-methyl/N-ethyl adjacent to an activating group) is 1. The van der Waals surface area contributed by atoms with Gasteiger partial charge >= 0.3 is 0 Å². The first-order chi connectivity index (χ1) is 8.15. The van der Waals surface area contributed by atoms with Gasteiger partial charge in [-0.25, -0.2) is 0 Å². The lowest BCUT2D eigenvalue weighted by Gasteiger charge is -2.08. The van der Waals surface area contributed by atoms with Gasteiger partial charge in [0.05, 0.1) is 13.2 Å². The summed E-state index contributed by atoms with van der Waals surface area (Å²) in [4.78, 5) is 6.32. The Bertz CT molecular complexity index is 376. The fraction of sp³-hybridized carbons (Fsp3) is 0.462. The van der Waals surface area contributed by atoms with E-state index >= 15 is 0 Å². The van der Waals surface area contributed by atoms with Gasteiger partial charge in [0.15, 0.2) is 11.5 Å². The lowest BCUT2D eigenvalue weighted by Crippen LogP contribution is -2.15. The number of rotatable bonds is 6. The highest BCUT2D eigenvalue weighted by molar-refractivity contribution is 5.84. The molecule has 0 heterocycles. The van der Waals surface area contributed by atoms with Gasteiger partial charge in [0.25, 0.3) is 0 Å². The molecule has 0 spiro atoms. The lowest BCUT2D eigenvalue weighted by atomic mass is 10.2. The van der Waals surface area contributed by atoms with Crippen molar-refractivity contribution in [1.29, 1.82) is 0 Å². The molecular weight excluding hydrogens is 216 g/mol. The van der Waals surface area contributed by atoms with E-state index in [0.717, 1.165) is 6.54 Å². The smallest absolute Gasteiger partial charge is 0.166 e. The molecule has 17 heavy (non-hydrogen) atoms. The van der Waals surface area contributed by atoms with Crippen LogP contribution in [0.25, 0.3) is 0 Å². The fourth-order valence-corrected chi connectivity index (χ4v) is 1.34. The van der Waals surface area contributed by atoms with Crippen LogP contribution in [0.15, 0.2) is 23.2 Å². The minimum atomic E-state index is 0.156. The Balaban J connectivity index is 2.67. The first-order valence-corrected chi connectivity index (χ1v) is 5.74. The van der Waals surface area contributed by atoms with Gasteiger partial charge in [-0.3, -0.25) is 4.99 Å². The van der Waals surface area contributed by atoms with Gasteiger partial charge < -0.3 is 14.7 Å². The first-order valence-electron chi connectivity index (χ1n) is 5.74. The summed E-state index contributed by atoms with van der Waals surface area (Å²) < 4.78 is 5.30. The fourth-order valence-electron chi connectivity index (χ4n) is 1.34. The van der Waals surface area contributed by atoms with Crippen LogP contribution in [0.5, 0.6) is 11.5 Å². The van der Waals surface area contributed by atoms with Crippen LogP contribution in [0.2, 0.25) is 0 Å². The van der Waals surface area contributed by atoms with Crippen LogP contribution in [0.1, 0.15) is 12.5 Å². The molecule has 0 unspecified atom stereocenters. The number of hydrogen-bond donors (Lipinski definition) is 1. The van der Waals surface area contributed by atoms with Crippen molar-refractivity contribution in [2.75, 3.05) is 33.8 Å². The number of para-hydroxylation sites is 1. The van der Waals surface area contributed by atoms with E-state index in [1.807, 2.05) is 33.2 Å². The van der Waals surface area contributed by atoms with Crippen molar-refractivity contribution in [2.24, 2.45) is 4.99 Å². The number of ether oxygens (including phenoxy) is 1. The first kappa shape index (κ1) is 13.5. The minimum Gasteiger partial charge on any atom is -0.504 e. The maximum atomic E-state index is 9.90. The molecule has 0 aromatic heterocycles. The summed E-state index contributed by atoms with van der Waals surface area (Å²) in [6.45, 7) is 4.03. The highest BCUT2D eigenvalue weighted by atomic mass is 16.5. The van der Waals surface area contributed by atoms with E-state index in [2.05, 4.69) is 9.89 Å². The summed E-state index contributed by atoms with van der Waals surface area (Å²) in [6.07, 6.45) is 1.68. The molecule has 0 amide bonds. The third kappa shape index (κ3) is 4.44. The molecule has 0 aliphatic heterocycles. The summed E-state index contributed by atoms with van der Waals surface area (Å²) in [7, 11) is 4.01. The molecule has 0 radical (unpaired) electrons. The molecule has 1 N–H and O–H groups in total. The predicted molar refractivity (Wildman–Crippen MR) is 70.3 cm³/mol. The zero-order valence-corrected chi connectivity index (χ0v) is 10.7. The molecule has 4 heteroatoms. The van der Waals surface area contributed by atoms with Crippen molar-refractivity contribution >= 4 is 6.21 Å². The number of aromatic hydroxyl groups is 1. The van der Waals surface area contributed by atoms with Crippen LogP contribution in [-0.2, 0) is 0 Å². The van der Waals surface area contributed by atoms with Gasteiger partial charge in [0, 0.05) is 18.3 Å². The van der Waals surface area contributed by atoms with Gasteiger partial charge in [-0.1, -0.05) is 6.07 Å². The molecule has 0 aliphatic rings. The SMILES string of the molecule is CCOc1cccc(C=NCCN(C)C)c1O. The maximum absolute atomic E-state index is 9.90. The molecule has 0 aliphatic carbocycles. The predicted octanol–water partition coefficient (Wildman–Crippen LogP) is 1.77. The topological polar surface area (TPSA) is 45.1 Å². The molecule has 1 aromatic carbocycles. The Morgan fingerprint density at radius 1 is 1.41 bits per heavy atom. The van der Waals surface area contributed by atoms with E-state index in [-0.39, 0.29) is 5.75 Å². The van der Waals surface area contributed by atoms with E-state index in [0.29, 0.717) is 24.5 Å². The van der Waals surface area contributed by atoms with Crippen LogP contribution in [0, 0.1) is 0 Å². The van der Waals surface area contributed by atoms with Crippen molar-refractivity contribution in [2.45, 2.75) is 6.92 Å². The Morgan fingerprint density at radius 3 is 2.82 bits per heavy atom. The highest BCUT2D eigenvalue weighted by Gasteiger charge is 2.05. The Hall–Kier alpha value is -1.55. The molecule has 0 bridgehead atoms. The van der Waals surface area contributed by atoms with Gasteiger partial charge in [-0.05, 0) is 33.2 Å². The minimum absolute atomic E-state index is 0.156. The van der Waals surface area contributed by atoms with Crippen LogP contribution in [0.3, 0.4) is 0 Å². The number of aliphatic imine (C=N–C) groups is 1. The van der Waals surface area contributed by atoms with Gasteiger partial charge in [0.2, 0.25) is 0 Å². The summed E-state index contributed by atoms with van der Waals surface area (Å²) >= 11 is 0. The average Bonchev–Trinajstić information content (AvgIpc) is 2.29. The van der Waals surface area contributed by atoms with Crippen LogP contribution in [-0.4, -0.2) is 50.0 Å². The van der Waals surface area contributed by atoms with Crippen LogP contribution >= 0.6 is 0 Å². The second-order valence-electron chi connectivity index (χ2n) is 3.97. The van der Waals surface area contributed by atoms with Crippen molar-refractivity contribution in [3.63, 3.8) is 0 Å². The summed E-state index contributed by atoms with van der Waals surface area (Å²) in [5.74, 6) is 0.659. The van der Waals surface area contributed by atoms with Gasteiger partial charge in [-0.2, -0.15) is 0 Å². The van der Waals surface area contributed by atoms with Crippen molar-refractivity contribution < 1.29 is 9.84 Å². The Kier molecular flexibility index (Phi) is 5.49. The third-order valence-corrected chi connectivity index (χ3v) is 2.24. The van der Waals surface area contributed by atoms with E-state index in [9.17, 15) is 5.11 Å². The molecule has 4 nitrogen and oxygen atoms in total. The highest BCUT2D eigenvalue weighted by Crippen LogP contribution is 2.28. The zero-order chi connectivity index (χ0) is 12.7. The normalized spacial score (nSPS) is 11.3. The second-order valence-corrected chi connectivity index (χ2v) is 3.97. The molecule has 0 saturated carbocycles. The quantitative estimate of drug-likeness (QED) is 0.766. The monoisotopic (exact) mass is 236 g/mol. The number of hydrogen-bond acceptors (Lipinski definition) is 4. The van der Waals surface area contributed by atoms with Crippen molar-refractivity contribution in [3.8, 4) is 11.5 Å². The largest absolute Gasteiger partial charge is 0.504 e. The second kappa shape index (κ2) is 6.91. The maximum Gasteiger partial charge on any atom is 0.166 e. The standard InChI is InChI=1S/C13H20N2O2/c1-4-17-12-7-5-6-11(13(12)16)10-14-8-9-15(2)3/h5-7,10,16H,4,8-9H2,1-3H3. The third-order valence-electron chi connectivity index (χ3n) is 2.24. The molecule has 0 atom stereocenters. The summed E-state index contributed by atoms with van der Waals surface area (Å²) in [6, 6.07) is 5.41. The van der Waals surface area contributed by atoms with E-state index in [4.69, 9.17) is 4.74 Å². The molecule has 1 aromatic rings. The number of phenols is 1. The molecule has 1 rings (SSSR count). The molecule has 94 valence electrons.